The van der Waals surface area contributed by atoms with E-state index < -0.39 is 4.92 Å². The minimum absolute atomic E-state index is 0.0722. The average molecular weight is 318 g/mol. The van der Waals surface area contributed by atoms with E-state index in [2.05, 4.69) is 0 Å². The molecule has 2 aromatic rings. The Morgan fingerprint density at radius 2 is 1.77 bits per heavy atom. The standard InChI is InChI=1S/C17H16ClNO3/c1-11-10-12(19(20)21)6-8-16(11)22-17-9-7-15(18)13-4-2-3-5-14(13)17/h6-10H,2-5H2,1H3. The molecule has 0 fully saturated rings. The van der Waals surface area contributed by atoms with Crippen LogP contribution in [0.3, 0.4) is 0 Å². The third-order valence-corrected chi connectivity index (χ3v) is 4.38. The lowest BCUT2D eigenvalue weighted by atomic mass is 9.91. The van der Waals surface area contributed by atoms with Gasteiger partial charge in [0, 0.05) is 17.2 Å². The van der Waals surface area contributed by atoms with E-state index in [-0.39, 0.29) is 5.69 Å². The predicted molar refractivity (Wildman–Crippen MR) is 86.0 cm³/mol. The van der Waals surface area contributed by atoms with Gasteiger partial charge in [0.25, 0.3) is 5.69 Å². The zero-order valence-corrected chi connectivity index (χ0v) is 13.0. The van der Waals surface area contributed by atoms with Gasteiger partial charge in [-0.05, 0) is 67.5 Å². The number of non-ortho nitro benzene ring substituents is 1. The number of aryl methyl sites for hydroxylation is 1. The fourth-order valence-electron chi connectivity index (χ4n) is 2.87. The number of nitro benzene ring substituents is 1. The second kappa shape index (κ2) is 5.97. The van der Waals surface area contributed by atoms with Crippen molar-refractivity contribution in [2.75, 3.05) is 0 Å². The molecule has 4 nitrogen and oxygen atoms in total. The molecule has 5 heteroatoms. The molecule has 0 spiro atoms. The predicted octanol–water partition coefficient (Wildman–Crippen LogP) is 5.23. The first-order chi connectivity index (χ1) is 10.6. The van der Waals surface area contributed by atoms with Gasteiger partial charge in [0.15, 0.2) is 0 Å². The molecule has 0 radical (unpaired) electrons. The Labute approximate surface area is 133 Å². The van der Waals surface area contributed by atoms with Crippen molar-refractivity contribution in [2.45, 2.75) is 32.6 Å². The van der Waals surface area contributed by atoms with Gasteiger partial charge in [-0.25, -0.2) is 0 Å². The summed E-state index contributed by atoms with van der Waals surface area (Å²) in [6.07, 6.45) is 4.21. The Hall–Kier alpha value is -2.07. The third-order valence-electron chi connectivity index (χ3n) is 4.02. The van der Waals surface area contributed by atoms with Crippen molar-refractivity contribution in [3.63, 3.8) is 0 Å². The molecule has 0 saturated heterocycles. The van der Waals surface area contributed by atoms with Crippen LogP contribution in [0.25, 0.3) is 0 Å². The number of hydrogen-bond acceptors (Lipinski definition) is 3. The van der Waals surface area contributed by atoms with E-state index >= 15 is 0 Å². The smallest absolute Gasteiger partial charge is 0.269 e. The lowest BCUT2D eigenvalue weighted by Crippen LogP contribution is -2.05. The zero-order chi connectivity index (χ0) is 15.7. The summed E-state index contributed by atoms with van der Waals surface area (Å²) in [5, 5.41) is 11.6. The minimum Gasteiger partial charge on any atom is -0.457 e. The fourth-order valence-corrected chi connectivity index (χ4v) is 3.14. The van der Waals surface area contributed by atoms with Crippen molar-refractivity contribution in [1.82, 2.24) is 0 Å². The Kier molecular flexibility index (Phi) is 4.03. The summed E-state index contributed by atoms with van der Waals surface area (Å²) in [6.45, 7) is 1.81. The van der Waals surface area contributed by atoms with Gasteiger partial charge >= 0.3 is 0 Å². The van der Waals surface area contributed by atoms with Gasteiger partial charge in [0.2, 0.25) is 0 Å². The van der Waals surface area contributed by atoms with Gasteiger partial charge in [0.1, 0.15) is 11.5 Å². The molecule has 0 atom stereocenters. The van der Waals surface area contributed by atoms with E-state index in [0.717, 1.165) is 47.6 Å². The molecule has 0 unspecified atom stereocenters. The van der Waals surface area contributed by atoms with Gasteiger partial charge in [-0.3, -0.25) is 10.1 Å². The molecule has 0 N–H and O–H groups in total. The van der Waals surface area contributed by atoms with Crippen LogP contribution in [0, 0.1) is 17.0 Å². The number of fused-ring (bicyclic) bond motifs is 1. The monoisotopic (exact) mass is 317 g/mol. The van der Waals surface area contributed by atoms with Crippen LogP contribution in [0.4, 0.5) is 5.69 Å². The molecule has 0 amide bonds. The maximum Gasteiger partial charge on any atom is 0.269 e. The van der Waals surface area contributed by atoms with Gasteiger partial charge in [-0.1, -0.05) is 11.6 Å². The maximum absolute atomic E-state index is 10.8. The summed E-state index contributed by atoms with van der Waals surface area (Å²) >= 11 is 6.27. The molecule has 0 aromatic heterocycles. The van der Waals surface area contributed by atoms with Crippen molar-refractivity contribution in [3.8, 4) is 11.5 Å². The molecule has 0 saturated carbocycles. The molecule has 3 rings (SSSR count). The normalized spacial score (nSPS) is 13.5. The van der Waals surface area contributed by atoms with Gasteiger partial charge in [-0.2, -0.15) is 0 Å². The maximum atomic E-state index is 10.8. The lowest BCUT2D eigenvalue weighted by molar-refractivity contribution is -0.384. The highest BCUT2D eigenvalue weighted by molar-refractivity contribution is 6.31. The van der Waals surface area contributed by atoms with Crippen LogP contribution >= 0.6 is 11.6 Å². The molecule has 0 heterocycles. The first kappa shape index (κ1) is 14.9. The van der Waals surface area contributed by atoms with E-state index in [1.165, 1.54) is 17.7 Å². The zero-order valence-electron chi connectivity index (χ0n) is 12.3. The van der Waals surface area contributed by atoms with E-state index in [9.17, 15) is 10.1 Å². The summed E-state index contributed by atoms with van der Waals surface area (Å²) in [6, 6.07) is 8.38. The number of ether oxygens (including phenoxy) is 1. The largest absolute Gasteiger partial charge is 0.457 e. The number of hydrogen-bond donors (Lipinski definition) is 0. The molecule has 2 aromatic carbocycles. The van der Waals surface area contributed by atoms with Crippen LogP contribution in [0.2, 0.25) is 5.02 Å². The Morgan fingerprint density at radius 1 is 1.09 bits per heavy atom. The van der Waals surface area contributed by atoms with E-state index in [0.29, 0.717) is 5.75 Å². The molecule has 1 aliphatic carbocycles. The van der Waals surface area contributed by atoms with Crippen molar-refractivity contribution in [2.24, 2.45) is 0 Å². The summed E-state index contributed by atoms with van der Waals surface area (Å²) < 4.78 is 6.02. The van der Waals surface area contributed by atoms with Crippen LogP contribution < -0.4 is 4.74 Å². The number of nitro groups is 1. The van der Waals surface area contributed by atoms with Crippen molar-refractivity contribution < 1.29 is 9.66 Å². The number of benzene rings is 2. The molecular formula is C17H16ClNO3. The summed E-state index contributed by atoms with van der Waals surface area (Å²) in [7, 11) is 0. The van der Waals surface area contributed by atoms with Crippen LogP contribution in [0.1, 0.15) is 29.5 Å². The summed E-state index contributed by atoms with van der Waals surface area (Å²) in [5.74, 6) is 1.44. The molecular weight excluding hydrogens is 302 g/mol. The highest BCUT2D eigenvalue weighted by atomic mass is 35.5. The minimum atomic E-state index is -0.402. The van der Waals surface area contributed by atoms with E-state index in [1.54, 1.807) is 6.07 Å². The van der Waals surface area contributed by atoms with Crippen molar-refractivity contribution in [3.05, 3.63) is 62.2 Å². The van der Waals surface area contributed by atoms with Crippen molar-refractivity contribution >= 4 is 17.3 Å². The SMILES string of the molecule is Cc1cc([N+](=O)[O-])ccc1Oc1ccc(Cl)c2c1CCCC2. The quantitative estimate of drug-likeness (QED) is 0.575. The number of halogens is 1. The molecule has 114 valence electrons. The number of nitrogens with zero attached hydrogens (tertiary/aromatic N) is 1. The van der Waals surface area contributed by atoms with Crippen LogP contribution in [-0.2, 0) is 12.8 Å². The summed E-state index contributed by atoms with van der Waals surface area (Å²) in [4.78, 5) is 10.4. The van der Waals surface area contributed by atoms with Gasteiger partial charge in [0.05, 0.1) is 4.92 Å². The Morgan fingerprint density at radius 3 is 2.45 bits per heavy atom. The number of rotatable bonds is 3. The third kappa shape index (κ3) is 2.79. The summed E-state index contributed by atoms with van der Waals surface area (Å²) in [5.41, 5.74) is 3.15. The van der Waals surface area contributed by atoms with Crippen LogP contribution in [0.5, 0.6) is 11.5 Å². The molecule has 0 bridgehead atoms. The second-order valence-corrected chi connectivity index (χ2v) is 5.93. The highest BCUT2D eigenvalue weighted by Gasteiger charge is 2.18. The van der Waals surface area contributed by atoms with Gasteiger partial charge in [-0.15, -0.1) is 0 Å². The Balaban J connectivity index is 1.95. The van der Waals surface area contributed by atoms with Gasteiger partial charge < -0.3 is 4.74 Å². The average Bonchev–Trinajstić information content (AvgIpc) is 2.52. The van der Waals surface area contributed by atoms with Crippen LogP contribution in [-0.4, -0.2) is 4.92 Å². The highest BCUT2D eigenvalue weighted by Crippen LogP contribution is 2.37. The van der Waals surface area contributed by atoms with Crippen LogP contribution in [0.15, 0.2) is 30.3 Å². The van der Waals surface area contributed by atoms with Crippen molar-refractivity contribution in [1.29, 1.82) is 0 Å². The Bertz CT molecular complexity index is 743. The topological polar surface area (TPSA) is 52.4 Å². The first-order valence-corrected chi connectivity index (χ1v) is 7.67. The second-order valence-electron chi connectivity index (χ2n) is 5.52. The molecule has 1 aliphatic rings. The lowest BCUT2D eigenvalue weighted by Gasteiger charge is -2.21. The van der Waals surface area contributed by atoms with E-state index in [4.69, 9.17) is 16.3 Å². The first-order valence-electron chi connectivity index (χ1n) is 7.29. The fraction of sp³-hybridized carbons (Fsp3) is 0.294. The molecule has 22 heavy (non-hydrogen) atoms. The molecule has 0 aliphatic heterocycles. The van der Waals surface area contributed by atoms with E-state index in [1.807, 2.05) is 19.1 Å².